The summed E-state index contributed by atoms with van der Waals surface area (Å²) in [4.78, 5) is 14.4. The molecular formula is C10H19N3O2. The number of nitrogens with two attached hydrogens (primary N) is 2. The molecule has 86 valence electrons. The van der Waals surface area contributed by atoms with Crippen LogP contribution in [0.3, 0.4) is 0 Å². The first-order valence-corrected chi connectivity index (χ1v) is 5.02. The molecule has 1 atom stereocenters. The number of amidine groups is 1. The minimum absolute atomic E-state index is 0.420. The van der Waals surface area contributed by atoms with E-state index in [-0.39, 0.29) is 0 Å². The Labute approximate surface area is 89.9 Å². The number of aliphatic imine (C=N–C) groups is 1. The normalized spacial score (nSPS) is 14.4. The fourth-order valence-corrected chi connectivity index (χ4v) is 0.934. The Morgan fingerprint density at radius 3 is 2.80 bits per heavy atom. The molecule has 5 N–H and O–H groups in total. The zero-order valence-electron chi connectivity index (χ0n) is 9.02. The number of nitrogens with zero attached hydrogens (tertiary/aromatic N) is 1. The molecule has 0 aromatic heterocycles. The second-order valence-electron chi connectivity index (χ2n) is 3.20. The average molecular weight is 213 g/mol. The summed E-state index contributed by atoms with van der Waals surface area (Å²) < 4.78 is 0. The molecule has 0 aromatic rings. The van der Waals surface area contributed by atoms with Gasteiger partial charge in [0.25, 0.3) is 0 Å². The molecule has 0 radical (unpaired) electrons. The van der Waals surface area contributed by atoms with Crippen molar-refractivity contribution in [1.29, 1.82) is 0 Å². The molecule has 0 bridgehead atoms. The van der Waals surface area contributed by atoms with Crippen molar-refractivity contribution in [3.05, 3.63) is 12.2 Å². The number of aliphatic carboxylic acids is 1. The van der Waals surface area contributed by atoms with E-state index in [9.17, 15) is 4.79 Å². The maximum absolute atomic E-state index is 10.4. The van der Waals surface area contributed by atoms with Crippen LogP contribution in [0.2, 0.25) is 0 Å². The second kappa shape index (κ2) is 7.99. The topological polar surface area (TPSA) is 102 Å². The quantitative estimate of drug-likeness (QED) is 0.325. The first-order chi connectivity index (χ1) is 7.07. The molecule has 0 spiro atoms. The summed E-state index contributed by atoms with van der Waals surface area (Å²) in [5, 5.41) is 8.51. The van der Waals surface area contributed by atoms with Crippen molar-refractivity contribution < 1.29 is 9.90 Å². The maximum atomic E-state index is 10.4. The van der Waals surface area contributed by atoms with Crippen LogP contribution in [0.25, 0.3) is 0 Å². The SMILES string of the molecule is CC/C=C/C(N)=NCCC[C@H](N)C(=O)O. The standard InChI is InChI=1S/C10H19N3O2/c1-2-3-6-9(12)13-7-4-5-8(11)10(14)15/h3,6,8H,2,4-5,7,11H2,1H3,(H2,12,13)(H,14,15)/b6-3+/t8-/m0/s1. The molecule has 0 unspecified atom stereocenters. The van der Waals surface area contributed by atoms with E-state index in [1.165, 1.54) is 0 Å². The number of carboxylic acid groups (broad SMARTS) is 1. The van der Waals surface area contributed by atoms with E-state index >= 15 is 0 Å². The molecule has 15 heavy (non-hydrogen) atoms. The van der Waals surface area contributed by atoms with Gasteiger partial charge in [-0.1, -0.05) is 13.0 Å². The molecule has 0 saturated heterocycles. The van der Waals surface area contributed by atoms with Gasteiger partial charge >= 0.3 is 5.97 Å². The van der Waals surface area contributed by atoms with Crippen molar-refractivity contribution in [2.75, 3.05) is 6.54 Å². The summed E-state index contributed by atoms with van der Waals surface area (Å²) in [7, 11) is 0. The molecule has 5 nitrogen and oxygen atoms in total. The summed E-state index contributed by atoms with van der Waals surface area (Å²) >= 11 is 0. The monoisotopic (exact) mass is 213 g/mol. The van der Waals surface area contributed by atoms with Gasteiger partial charge < -0.3 is 16.6 Å². The van der Waals surface area contributed by atoms with Crippen molar-refractivity contribution in [1.82, 2.24) is 0 Å². The molecule has 0 heterocycles. The molecule has 0 aliphatic carbocycles. The Bertz CT molecular complexity index is 249. The van der Waals surface area contributed by atoms with Crippen LogP contribution in [0.4, 0.5) is 0 Å². The highest BCUT2D eigenvalue weighted by Crippen LogP contribution is 1.95. The number of carboxylic acids is 1. The minimum Gasteiger partial charge on any atom is -0.480 e. The molecule has 0 aliphatic rings. The number of hydrogen-bond donors (Lipinski definition) is 3. The Kier molecular flexibility index (Phi) is 7.27. The van der Waals surface area contributed by atoms with E-state index < -0.39 is 12.0 Å². The number of allylic oxidation sites excluding steroid dienone is 1. The molecule has 5 heteroatoms. The van der Waals surface area contributed by atoms with Gasteiger partial charge in [-0.15, -0.1) is 0 Å². The van der Waals surface area contributed by atoms with Gasteiger partial charge in [0.15, 0.2) is 0 Å². The predicted octanol–water partition coefficient (Wildman–Crippen LogP) is 0.502. The molecule has 0 amide bonds. The highest BCUT2D eigenvalue weighted by molar-refractivity contribution is 5.91. The van der Waals surface area contributed by atoms with Crippen LogP contribution < -0.4 is 11.5 Å². The van der Waals surface area contributed by atoms with Crippen molar-refractivity contribution >= 4 is 11.8 Å². The molecule has 0 saturated carbocycles. The number of carbonyl (C=O) groups is 1. The van der Waals surface area contributed by atoms with Gasteiger partial charge in [0.2, 0.25) is 0 Å². The minimum atomic E-state index is -0.974. The van der Waals surface area contributed by atoms with Gasteiger partial charge in [0.05, 0.1) is 0 Å². The van der Waals surface area contributed by atoms with Gasteiger partial charge in [0.1, 0.15) is 11.9 Å². The summed E-state index contributed by atoms with van der Waals surface area (Å²) in [5.41, 5.74) is 10.9. The Balaban J connectivity index is 3.69. The van der Waals surface area contributed by atoms with Crippen molar-refractivity contribution in [2.45, 2.75) is 32.2 Å². The maximum Gasteiger partial charge on any atom is 0.320 e. The van der Waals surface area contributed by atoms with Gasteiger partial charge in [-0.05, 0) is 25.3 Å². The lowest BCUT2D eigenvalue weighted by Gasteiger charge is -2.03. The average Bonchev–Trinajstić information content (AvgIpc) is 2.20. The van der Waals surface area contributed by atoms with Gasteiger partial charge in [-0.3, -0.25) is 9.79 Å². The lowest BCUT2D eigenvalue weighted by molar-refractivity contribution is -0.138. The van der Waals surface area contributed by atoms with E-state index in [0.29, 0.717) is 25.2 Å². The lowest BCUT2D eigenvalue weighted by atomic mass is 10.2. The van der Waals surface area contributed by atoms with Gasteiger partial charge in [0, 0.05) is 6.54 Å². The largest absolute Gasteiger partial charge is 0.480 e. The smallest absolute Gasteiger partial charge is 0.320 e. The predicted molar refractivity (Wildman–Crippen MR) is 60.8 cm³/mol. The molecule has 0 rings (SSSR count). The number of rotatable bonds is 7. The Morgan fingerprint density at radius 2 is 2.27 bits per heavy atom. The van der Waals surface area contributed by atoms with Crippen LogP contribution in [0.15, 0.2) is 17.1 Å². The van der Waals surface area contributed by atoms with E-state index in [1.54, 1.807) is 6.08 Å². The molecule has 0 fully saturated rings. The van der Waals surface area contributed by atoms with Gasteiger partial charge in [-0.25, -0.2) is 0 Å². The van der Waals surface area contributed by atoms with Crippen molar-refractivity contribution in [3.8, 4) is 0 Å². The first-order valence-electron chi connectivity index (χ1n) is 5.02. The zero-order valence-corrected chi connectivity index (χ0v) is 9.02. The molecule has 0 aliphatic heterocycles. The van der Waals surface area contributed by atoms with Crippen LogP contribution in [0, 0.1) is 0 Å². The number of hydrogen-bond acceptors (Lipinski definition) is 3. The van der Waals surface area contributed by atoms with E-state index in [0.717, 1.165) is 6.42 Å². The zero-order chi connectivity index (χ0) is 11.7. The fraction of sp³-hybridized carbons (Fsp3) is 0.600. The van der Waals surface area contributed by atoms with Crippen molar-refractivity contribution in [3.63, 3.8) is 0 Å². The second-order valence-corrected chi connectivity index (χ2v) is 3.20. The van der Waals surface area contributed by atoms with E-state index in [4.69, 9.17) is 16.6 Å². The van der Waals surface area contributed by atoms with Crippen LogP contribution in [0.5, 0.6) is 0 Å². The van der Waals surface area contributed by atoms with E-state index in [1.807, 2.05) is 13.0 Å². The van der Waals surface area contributed by atoms with Crippen molar-refractivity contribution in [2.24, 2.45) is 16.5 Å². The summed E-state index contributed by atoms with van der Waals surface area (Å²) in [6.07, 6.45) is 5.64. The Hall–Kier alpha value is -1.36. The molecule has 0 aromatic carbocycles. The third kappa shape index (κ3) is 7.69. The summed E-state index contributed by atoms with van der Waals surface area (Å²) in [5.74, 6) is -0.501. The van der Waals surface area contributed by atoms with Crippen LogP contribution in [-0.2, 0) is 4.79 Å². The lowest BCUT2D eigenvalue weighted by Crippen LogP contribution is -2.30. The highest BCUT2D eigenvalue weighted by Gasteiger charge is 2.09. The molecular weight excluding hydrogens is 194 g/mol. The third-order valence-corrected chi connectivity index (χ3v) is 1.81. The van der Waals surface area contributed by atoms with Crippen LogP contribution >= 0.6 is 0 Å². The highest BCUT2D eigenvalue weighted by atomic mass is 16.4. The van der Waals surface area contributed by atoms with Crippen LogP contribution in [-0.4, -0.2) is 29.5 Å². The fourth-order valence-electron chi connectivity index (χ4n) is 0.934. The summed E-state index contributed by atoms with van der Waals surface area (Å²) in [6, 6.07) is -0.799. The first kappa shape index (κ1) is 13.6. The third-order valence-electron chi connectivity index (χ3n) is 1.81. The van der Waals surface area contributed by atoms with E-state index in [2.05, 4.69) is 4.99 Å². The van der Waals surface area contributed by atoms with Crippen LogP contribution in [0.1, 0.15) is 26.2 Å². The van der Waals surface area contributed by atoms with Gasteiger partial charge in [-0.2, -0.15) is 0 Å². The Morgan fingerprint density at radius 1 is 1.60 bits per heavy atom. The summed E-state index contributed by atoms with van der Waals surface area (Å²) in [6.45, 7) is 2.52.